The number of carbonyl (C=O) groups is 1. The summed E-state index contributed by atoms with van der Waals surface area (Å²) in [5.41, 5.74) is 3.55. The Morgan fingerprint density at radius 1 is 1.18 bits per heavy atom. The fraction of sp³-hybridized carbons (Fsp3) is 0.522. The zero-order valence-electron chi connectivity index (χ0n) is 17.2. The fourth-order valence-electron chi connectivity index (χ4n) is 4.34. The second-order valence-corrected chi connectivity index (χ2v) is 9.65. The molecule has 1 aromatic heterocycles. The second kappa shape index (κ2) is 7.43. The molecule has 0 radical (unpaired) electrons. The number of carbonyl (C=O) groups excluding carboxylic acids is 1. The Hall–Kier alpha value is -2.01. The summed E-state index contributed by atoms with van der Waals surface area (Å²) in [4.78, 5) is 14.3. The number of thiophene rings is 1. The molecule has 2 aromatic rings. The monoisotopic (exact) mass is 398 g/mol. The smallest absolute Gasteiger partial charge is 0.256 e. The minimum absolute atomic E-state index is 0.0540. The molecule has 0 bridgehead atoms. The van der Waals surface area contributed by atoms with Crippen molar-refractivity contribution in [3.63, 3.8) is 0 Å². The van der Waals surface area contributed by atoms with Crippen LogP contribution in [0.15, 0.2) is 24.3 Å². The Morgan fingerprint density at radius 2 is 1.93 bits per heavy atom. The van der Waals surface area contributed by atoms with Gasteiger partial charge in [-0.1, -0.05) is 39.3 Å². The Bertz CT molecular complexity index is 869. The molecule has 5 heteroatoms. The van der Waals surface area contributed by atoms with Crippen molar-refractivity contribution in [3.05, 3.63) is 45.8 Å². The standard InChI is InChI=1S/C23H30N2O2S/c1-5-23(3,4)15-9-12-17-18(13-15)28-22-19(17)21(26)24-20(25-22)14-7-10-16(11-8-14)27-6-2/h7-8,10-11,15,20,25H,5-6,9,12-13H2,1-4H3,(H,24,26)/t15-,20+/m0/s1. The Morgan fingerprint density at radius 3 is 2.61 bits per heavy atom. The van der Waals surface area contributed by atoms with Crippen LogP contribution < -0.4 is 15.4 Å². The predicted molar refractivity (Wildman–Crippen MR) is 115 cm³/mol. The van der Waals surface area contributed by atoms with Gasteiger partial charge in [0.25, 0.3) is 5.91 Å². The topological polar surface area (TPSA) is 50.4 Å². The number of hydrogen-bond acceptors (Lipinski definition) is 4. The molecule has 1 aromatic carbocycles. The highest BCUT2D eigenvalue weighted by molar-refractivity contribution is 7.16. The Balaban J connectivity index is 1.57. The maximum absolute atomic E-state index is 12.9. The van der Waals surface area contributed by atoms with E-state index in [1.54, 1.807) is 11.3 Å². The third-order valence-electron chi connectivity index (χ3n) is 6.58. The largest absolute Gasteiger partial charge is 0.494 e. The first-order valence-corrected chi connectivity index (χ1v) is 11.2. The second-order valence-electron chi connectivity index (χ2n) is 8.54. The lowest BCUT2D eigenvalue weighted by Gasteiger charge is -2.36. The van der Waals surface area contributed by atoms with Crippen LogP contribution in [0.5, 0.6) is 5.75 Å². The highest BCUT2D eigenvalue weighted by Crippen LogP contribution is 2.46. The minimum Gasteiger partial charge on any atom is -0.494 e. The summed E-state index contributed by atoms with van der Waals surface area (Å²) in [5, 5.41) is 7.74. The number of nitrogens with one attached hydrogen (secondary N) is 2. The van der Waals surface area contributed by atoms with E-state index in [4.69, 9.17) is 4.74 Å². The number of benzene rings is 1. The number of anilines is 1. The van der Waals surface area contributed by atoms with Crippen LogP contribution in [0.25, 0.3) is 0 Å². The third kappa shape index (κ3) is 3.41. The number of ether oxygens (including phenoxy) is 1. The van der Waals surface area contributed by atoms with Gasteiger partial charge >= 0.3 is 0 Å². The summed E-state index contributed by atoms with van der Waals surface area (Å²) in [6, 6.07) is 7.95. The van der Waals surface area contributed by atoms with Gasteiger partial charge in [-0.2, -0.15) is 0 Å². The number of fused-ring (bicyclic) bond motifs is 3. The van der Waals surface area contributed by atoms with E-state index in [2.05, 4.69) is 31.4 Å². The van der Waals surface area contributed by atoms with Crippen LogP contribution >= 0.6 is 11.3 Å². The summed E-state index contributed by atoms with van der Waals surface area (Å²) < 4.78 is 5.52. The molecule has 4 nitrogen and oxygen atoms in total. The van der Waals surface area contributed by atoms with Gasteiger partial charge in [-0.15, -0.1) is 11.3 Å². The third-order valence-corrected chi connectivity index (χ3v) is 7.77. The zero-order valence-corrected chi connectivity index (χ0v) is 18.0. The zero-order chi connectivity index (χ0) is 19.9. The molecule has 2 atom stereocenters. The predicted octanol–water partition coefficient (Wildman–Crippen LogP) is 5.54. The molecule has 150 valence electrons. The summed E-state index contributed by atoms with van der Waals surface area (Å²) in [7, 11) is 0. The van der Waals surface area contributed by atoms with Crippen molar-refractivity contribution in [1.29, 1.82) is 0 Å². The average Bonchev–Trinajstić information content (AvgIpc) is 3.07. The summed E-state index contributed by atoms with van der Waals surface area (Å²) in [6.45, 7) is 9.67. The summed E-state index contributed by atoms with van der Waals surface area (Å²) in [5.74, 6) is 1.60. The van der Waals surface area contributed by atoms with Gasteiger partial charge in [0.2, 0.25) is 0 Å². The molecule has 0 fully saturated rings. The Labute approximate surface area is 171 Å². The van der Waals surface area contributed by atoms with Gasteiger partial charge in [0.15, 0.2) is 0 Å². The van der Waals surface area contributed by atoms with Crippen molar-refractivity contribution in [2.24, 2.45) is 11.3 Å². The maximum atomic E-state index is 12.9. The summed E-state index contributed by atoms with van der Waals surface area (Å²) in [6.07, 6.45) is 4.27. The van der Waals surface area contributed by atoms with Crippen molar-refractivity contribution in [2.45, 2.75) is 59.5 Å². The van der Waals surface area contributed by atoms with E-state index in [-0.39, 0.29) is 12.1 Å². The molecule has 28 heavy (non-hydrogen) atoms. The normalized spacial score (nSPS) is 21.4. The van der Waals surface area contributed by atoms with Gasteiger partial charge in [-0.3, -0.25) is 4.79 Å². The SMILES string of the molecule is CCOc1ccc([C@@H]2NC(=O)c3c(sc4c3CC[C@H](C(C)(C)CC)C4)N2)cc1. The molecule has 4 rings (SSSR count). The van der Waals surface area contributed by atoms with Crippen LogP contribution in [0, 0.1) is 11.3 Å². The first-order valence-electron chi connectivity index (χ1n) is 10.4. The number of hydrogen-bond donors (Lipinski definition) is 2. The van der Waals surface area contributed by atoms with Crippen LogP contribution in [0.1, 0.15) is 73.1 Å². The van der Waals surface area contributed by atoms with Crippen LogP contribution in [0.4, 0.5) is 5.00 Å². The lowest BCUT2D eigenvalue weighted by molar-refractivity contribution is 0.0934. The van der Waals surface area contributed by atoms with E-state index in [1.807, 2.05) is 31.2 Å². The molecule has 1 amide bonds. The average molecular weight is 399 g/mol. The van der Waals surface area contributed by atoms with Crippen LogP contribution in [0.2, 0.25) is 0 Å². The van der Waals surface area contributed by atoms with Crippen molar-refractivity contribution < 1.29 is 9.53 Å². The molecule has 1 aliphatic carbocycles. The lowest BCUT2D eigenvalue weighted by atomic mass is 9.69. The summed E-state index contributed by atoms with van der Waals surface area (Å²) >= 11 is 1.78. The molecule has 0 saturated heterocycles. The van der Waals surface area contributed by atoms with E-state index in [9.17, 15) is 4.79 Å². The van der Waals surface area contributed by atoms with Crippen molar-refractivity contribution in [2.75, 3.05) is 11.9 Å². The lowest BCUT2D eigenvalue weighted by Crippen LogP contribution is -2.38. The first kappa shape index (κ1) is 19.3. The molecule has 1 aliphatic heterocycles. The molecule has 0 saturated carbocycles. The van der Waals surface area contributed by atoms with Crippen molar-refractivity contribution >= 4 is 22.2 Å². The van der Waals surface area contributed by atoms with Crippen LogP contribution in [-0.4, -0.2) is 12.5 Å². The van der Waals surface area contributed by atoms with E-state index in [0.29, 0.717) is 17.9 Å². The van der Waals surface area contributed by atoms with Gasteiger partial charge in [0, 0.05) is 4.88 Å². The first-order chi connectivity index (χ1) is 13.4. The van der Waals surface area contributed by atoms with Gasteiger partial charge in [0.05, 0.1) is 12.2 Å². The van der Waals surface area contributed by atoms with E-state index in [1.165, 1.54) is 23.3 Å². The molecular formula is C23H30N2O2S. The van der Waals surface area contributed by atoms with Crippen molar-refractivity contribution in [1.82, 2.24) is 5.32 Å². The van der Waals surface area contributed by atoms with Crippen LogP contribution in [0.3, 0.4) is 0 Å². The highest BCUT2D eigenvalue weighted by Gasteiger charge is 2.37. The fourth-order valence-corrected chi connectivity index (χ4v) is 5.70. The molecule has 0 spiro atoms. The molecule has 2 heterocycles. The van der Waals surface area contributed by atoms with Crippen LogP contribution in [-0.2, 0) is 12.8 Å². The minimum atomic E-state index is -0.196. The van der Waals surface area contributed by atoms with E-state index < -0.39 is 0 Å². The van der Waals surface area contributed by atoms with E-state index in [0.717, 1.165) is 34.7 Å². The number of rotatable bonds is 5. The molecule has 2 N–H and O–H groups in total. The quantitative estimate of drug-likeness (QED) is 0.695. The number of amides is 1. The maximum Gasteiger partial charge on any atom is 0.256 e. The highest BCUT2D eigenvalue weighted by atomic mass is 32.1. The molecule has 0 unspecified atom stereocenters. The Kier molecular flexibility index (Phi) is 5.13. The van der Waals surface area contributed by atoms with Gasteiger partial charge in [0.1, 0.15) is 16.9 Å². The molecule has 2 aliphatic rings. The van der Waals surface area contributed by atoms with Gasteiger partial charge < -0.3 is 15.4 Å². The van der Waals surface area contributed by atoms with Crippen molar-refractivity contribution in [3.8, 4) is 5.75 Å². The molecular weight excluding hydrogens is 368 g/mol. The van der Waals surface area contributed by atoms with Gasteiger partial charge in [-0.25, -0.2) is 0 Å². The van der Waals surface area contributed by atoms with E-state index >= 15 is 0 Å². The van der Waals surface area contributed by atoms with Gasteiger partial charge in [-0.05, 0) is 60.8 Å².